The number of benzene rings is 1. The Morgan fingerprint density at radius 3 is 1.50 bits per heavy atom. The lowest BCUT2D eigenvalue weighted by Gasteiger charge is -2.36. The number of nitrogens with zero attached hydrogens (tertiary/aromatic N) is 1. The summed E-state index contributed by atoms with van der Waals surface area (Å²) in [6.07, 6.45) is 0. The molecule has 0 bridgehead atoms. The van der Waals surface area contributed by atoms with E-state index in [4.69, 9.17) is 8.85 Å². The zero-order valence-corrected chi connectivity index (χ0v) is 21.9. The Morgan fingerprint density at radius 1 is 0.750 bits per heavy atom. The lowest BCUT2D eigenvalue weighted by molar-refractivity contribution is 0.265. The van der Waals surface area contributed by atoms with E-state index in [1.165, 1.54) is 5.56 Å². The van der Waals surface area contributed by atoms with Gasteiger partial charge in [0.2, 0.25) is 0 Å². The number of hydrogen-bond donors (Lipinski definition) is 0. The molecule has 2 rings (SSSR count). The molecule has 3 atom stereocenters. The predicted molar refractivity (Wildman–Crippen MR) is 126 cm³/mol. The molecule has 5 heteroatoms. The van der Waals surface area contributed by atoms with Crippen LogP contribution in [0.3, 0.4) is 0 Å². The molecule has 1 aromatic rings. The maximum atomic E-state index is 6.57. The van der Waals surface area contributed by atoms with Gasteiger partial charge in [-0.25, -0.2) is 0 Å². The summed E-state index contributed by atoms with van der Waals surface area (Å²) in [5.74, 6) is 0. The highest BCUT2D eigenvalue weighted by Gasteiger charge is 2.50. The topological polar surface area (TPSA) is 21.5 Å². The van der Waals surface area contributed by atoms with Crippen molar-refractivity contribution in [2.24, 2.45) is 0 Å². The summed E-state index contributed by atoms with van der Waals surface area (Å²) < 4.78 is 13.1. The van der Waals surface area contributed by atoms with Gasteiger partial charge >= 0.3 is 0 Å². The maximum absolute atomic E-state index is 6.57. The summed E-state index contributed by atoms with van der Waals surface area (Å²) in [7, 11) is -3.45. The van der Waals surface area contributed by atoms with Crippen molar-refractivity contribution in [2.75, 3.05) is 13.2 Å². The Kier molecular flexibility index (Phi) is 7.09. The Morgan fingerprint density at radius 2 is 1.14 bits per heavy atom. The maximum Gasteiger partial charge on any atom is 0.192 e. The fourth-order valence-corrected chi connectivity index (χ4v) is 4.90. The van der Waals surface area contributed by atoms with Crippen LogP contribution in [-0.2, 0) is 15.4 Å². The van der Waals surface area contributed by atoms with Crippen LogP contribution in [0.5, 0.6) is 0 Å². The molecule has 0 radical (unpaired) electrons. The fourth-order valence-electron chi connectivity index (χ4n) is 2.86. The van der Waals surface area contributed by atoms with Crippen LogP contribution in [0.1, 0.15) is 47.1 Å². The van der Waals surface area contributed by atoms with Crippen LogP contribution in [0.4, 0.5) is 0 Å². The van der Waals surface area contributed by atoms with Gasteiger partial charge in [-0.1, -0.05) is 71.9 Å². The smallest absolute Gasteiger partial charge is 0.192 e. The van der Waals surface area contributed by atoms with Crippen molar-refractivity contribution in [1.82, 2.24) is 4.90 Å². The van der Waals surface area contributed by atoms with E-state index in [0.717, 1.165) is 19.8 Å². The Bertz CT molecular complexity index is 596. The molecule has 0 amide bonds. The number of hydrogen-bond acceptors (Lipinski definition) is 3. The highest BCUT2D eigenvalue weighted by molar-refractivity contribution is 6.74. The molecule has 1 aliphatic heterocycles. The van der Waals surface area contributed by atoms with E-state index in [1.54, 1.807) is 0 Å². The van der Waals surface area contributed by atoms with Gasteiger partial charge in [0.05, 0.1) is 25.3 Å². The lowest BCUT2D eigenvalue weighted by atomic mass is 10.2. The van der Waals surface area contributed by atoms with E-state index in [1.807, 2.05) is 0 Å². The number of rotatable bonds is 8. The second-order valence-corrected chi connectivity index (χ2v) is 21.1. The van der Waals surface area contributed by atoms with Crippen molar-refractivity contribution < 1.29 is 8.85 Å². The van der Waals surface area contributed by atoms with Gasteiger partial charge in [0.1, 0.15) is 0 Å². The summed E-state index contributed by atoms with van der Waals surface area (Å²) in [6, 6.07) is 11.7. The van der Waals surface area contributed by atoms with Crippen molar-refractivity contribution in [3.05, 3.63) is 35.9 Å². The van der Waals surface area contributed by atoms with Crippen molar-refractivity contribution in [3.63, 3.8) is 0 Å². The van der Waals surface area contributed by atoms with Crippen molar-refractivity contribution in [3.8, 4) is 0 Å². The quantitative estimate of drug-likeness (QED) is 0.364. The molecule has 1 heterocycles. The molecular formula is C23H43NO2Si2. The SMILES string of the molecule is CC(C)(C)[Si](C)(C)OC[C@@H]1[C@H](CO[Si](C)(C)C(C)(C)C)N1Cc1ccccc1. The Labute approximate surface area is 176 Å². The zero-order valence-electron chi connectivity index (χ0n) is 19.9. The minimum atomic E-state index is -1.73. The van der Waals surface area contributed by atoms with Gasteiger partial charge < -0.3 is 8.85 Å². The Balaban J connectivity index is 2.03. The molecule has 1 unspecified atom stereocenters. The first-order valence-electron chi connectivity index (χ1n) is 10.7. The molecule has 28 heavy (non-hydrogen) atoms. The summed E-state index contributed by atoms with van der Waals surface area (Å²) in [5, 5.41) is 0.499. The molecule has 0 aromatic heterocycles. The summed E-state index contributed by atoms with van der Waals surface area (Å²) in [4.78, 5) is 2.57. The van der Waals surface area contributed by atoms with Gasteiger partial charge in [-0.05, 0) is 41.8 Å². The fraction of sp³-hybridized carbons (Fsp3) is 0.739. The van der Waals surface area contributed by atoms with Crippen molar-refractivity contribution >= 4 is 16.6 Å². The first-order chi connectivity index (χ1) is 12.7. The van der Waals surface area contributed by atoms with Crippen LogP contribution in [0.25, 0.3) is 0 Å². The normalized spacial score (nSPS) is 23.7. The van der Waals surface area contributed by atoms with Crippen LogP contribution >= 0.6 is 0 Å². The predicted octanol–water partition coefficient (Wildman–Crippen LogP) is 6.28. The van der Waals surface area contributed by atoms with Crippen LogP contribution in [0.15, 0.2) is 30.3 Å². The monoisotopic (exact) mass is 421 g/mol. The third-order valence-electron chi connectivity index (χ3n) is 7.26. The van der Waals surface area contributed by atoms with Crippen molar-refractivity contribution in [1.29, 1.82) is 0 Å². The van der Waals surface area contributed by atoms with Gasteiger partial charge in [-0.15, -0.1) is 0 Å². The van der Waals surface area contributed by atoms with Gasteiger partial charge in [-0.3, -0.25) is 4.90 Å². The molecule has 160 valence electrons. The van der Waals surface area contributed by atoms with Gasteiger partial charge in [0, 0.05) is 6.54 Å². The summed E-state index contributed by atoms with van der Waals surface area (Å²) >= 11 is 0. The first-order valence-corrected chi connectivity index (χ1v) is 16.5. The Hall–Kier alpha value is -0.466. The molecular weight excluding hydrogens is 378 g/mol. The average Bonchev–Trinajstić information content (AvgIpc) is 3.21. The van der Waals surface area contributed by atoms with Crippen LogP contribution in [0.2, 0.25) is 36.3 Å². The largest absolute Gasteiger partial charge is 0.415 e. The van der Waals surface area contributed by atoms with E-state index in [-0.39, 0.29) is 10.1 Å². The average molecular weight is 422 g/mol. The van der Waals surface area contributed by atoms with Crippen LogP contribution in [0, 0.1) is 0 Å². The molecule has 1 aromatic carbocycles. The molecule has 0 N–H and O–H groups in total. The lowest BCUT2D eigenvalue weighted by Crippen LogP contribution is -2.42. The molecule has 0 aliphatic carbocycles. The van der Waals surface area contributed by atoms with E-state index in [2.05, 4.69) is 103 Å². The molecule has 3 nitrogen and oxygen atoms in total. The summed E-state index contributed by atoms with van der Waals surface area (Å²) in [5.41, 5.74) is 1.37. The van der Waals surface area contributed by atoms with E-state index in [0.29, 0.717) is 12.1 Å². The molecule has 0 spiro atoms. The van der Waals surface area contributed by atoms with Gasteiger partial charge in [0.25, 0.3) is 0 Å². The van der Waals surface area contributed by atoms with E-state index in [9.17, 15) is 0 Å². The minimum Gasteiger partial charge on any atom is -0.415 e. The highest BCUT2D eigenvalue weighted by atomic mass is 28.4. The van der Waals surface area contributed by atoms with E-state index >= 15 is 0 Å². The standard InChI is InChI=1S/C23H43NO2Si2/c1-22(2,3)27(7,8)25-17-20-21(18-26-28(9,10)23(4,5)6)24(20)16-19-14-12-11-13-15-19/h11-15,20-21H,16-18H2,1-10H3/t20-,21+,24?. The minimum absolute atomic E-state index is 0.249. The first kappa shape index (κ1) is 23.8. The molecule has 1 saturated heterocycles. The van der Waals surface area contributed by atoms with Crippen LogP contribution in [-0.4, -0.2) is 46.8 Å². The van der Waals surface area contributed by atoms with Gasteiger partial charge in [0.15, 0.2) is 16.6 Å². The molecule has 1 aliphatic rings. The molecule has 1 fully saturated rings. The zero-order chi connectivity index (χ0) is 21.4. The second-order valence-electron chi connectivity index (χ2n) is 11.4. The second kappa shape index (κ2) is 8.34. The highest BCUT2D eigenvalue weighted by Crippen LogP contribution is 2.41. The van der Waals surface area contributed by atoms with Gasteiger partial charge in [-0.2, -0.15) is 0 Å². The van der Waals surface area contributed by atoms with Crippen molar-refractivity contribution in [2.45, 2.75) is 96.4 Å². The summed E-state index contributed by atoms with van der Waals surface area (Å²) in [6.45, 7) is 25.9. The molecule has 0 saturated carbocycles. The van der Waals surface area contributed by atoms with Crippen LogP contribution < -0.4 is 0 Å². The third kappa shape index (κ3) is 5.79. The van der Waals surface area contributed by atoms with E-state index < -0.39 is 16.6 Å². The third-order valence-corrected chi connectivity index (χ3v) is 16.3.